The van der Waals surface area contributed by atoms with Crippen LogP contribution in [0.15, 0.2) is 12.3 Å². The first-order valence-corrected chi connectivity index (χ1v) is 5.23. The van der Waals surface area contributed by atoms with E-state index in [0.29, 0.717) is 11.2 Å². The zero-order valence-corrected chi connectivity index (χ0v) is 8.38. The van der Waals surface area contributed by atoms with Crippen LogP contribution < -0.4 is 0 Å². The van der Waals surface area contributed by atoms with Crippen LogP contribution in [-0.2, 0) is 0 Å². The van der Waals surface area contributed by atoms with Gasteiger partial charge in [0.05, 0.1) is 16.7 Å². The maximum absolute atomic E-state index is 5.87. The molecule has 3 rings (SSSR count). The fourth-order valence-corrected chi connectivity index (χ4v) is 2.10. The van der Waals surface area contributed by atoms with E-state index >= 15 is 0 Å². The lowest BCUT2D eigenvalue weighted by molar-refractivity contribution is 0.413. The van der Waals surface area contributed by atoms with E-state index in [-0.39, 0.29) is 0 Å². The molecule has 0 saturated heterocycles. The molecule has 2 heterocycles. The predicted molar refractivity (Wildman–Crippen MR) is 55.5 cm³/mol. The van der Waals surface area contributed by atoms with Gasteiger partial charge in [0, 0.05) is 12.1 Å². The molecule has 1 aliphatic rings. The fraction of sp³-hybridized carbons (Fsp3) is 0.400. The Morgan fingerprint density at radius 1 is 1.36 bits per heavy atom. The van der Waals surface area contributed by atoms with Gasteiger partial charge in [0.15, 0.2) is 0 Å². The molecule has 72 valence electrons. The third-order valence-corrected chi connectivity index (χ3v) is 3.07. The number of nitrogens with one attached hydrogen (secondary N) is 1. The van der Waals surface area contributed by atoms with E-state index in [1.165, 1.54) is 19.3 Å². The Kier molecular flexibility index (Phi) is 1.74. The molecule has 2 aromatic rings. The van der Waals surface area contributed by atoms with Crippen LogP contribution in [0.2, 0.25) is 5.28 Å². The van der Waals surface area contributed by atoms with E-state index in [1.54, 1.807) is 0 Å². The summed E-state index contributed by atoms with van der Waals surface area (Å²) in [5.41, 5.74) is 3.07. The molecule has 0 atom stereocenters. The van der Waals surface area contributed by atoms with Crippen LogP contribution in [0.1, 0.15) is 30.9 Å². The smallest absolute Gasteiger partial charge is 0.223 e. The summed E-state index contributed by atoms with van der Waals surface area (Å²) in [5, 5.41) is 0.360. The molecule has 0 radical (unpaired) electrons. The summed E-state index contributed by atoms with van der Waals surface area (Å²) in [6, 6.07) is 1.94. The van der Waals surface area contributed by atoms with Crippen molar-refractivity contribution in [3.8, 4) is 0 Å². The number of aromatic amines is 1. The van der Waals surface area contributed by atoms with E-state index in [4.69, 9.17) is 11.6 Å². The van der Waals surface area contributed by atoms with Crippen LogP contribution >= 0.6 is 11.6 Å². The van der Waals surface area contributed by atoms with Crippen LogP contribution in [0, 0.1) is 0 Å². The average molecular weight is 208 g/mol. The first kappa shape index (κ1) is 8.24. The van der Waals surface area contributed by atoms with Crippen LogP contribution in [0.25, 0.3) is 11.0 Å². The maximum Gasteiger partial charge on any atom is 0.223 e. The number of hydrogen-bond donors (Lipinski definition) is 1. The van der Waals surface area contributed by atoms with E-state index in [9.17, 15) is 0 Å². The third-order valence-electron chi connectivity index (χ3n) is 2.90. The minimum Gasteiger partial charge on any atom is -0.358 e. The Labute approximate surface area is 86.5 Å². The molecule has 1 fully saturated rings. The number of nitrogens with zero attached hydrogens (tertiary/aromatic N) is 2. The SMILES string of the molecule is Clc1nc(C2CCC2)c2[nH]ccc2n1. The van der Waals surface area contributed by atoms with Crippen LogP contribution in [-0.4, -0.2) is 15.0 Å². The molecule has 0 aromatic carbocycles. The number of aromatic nitrogens is 3. The minimum atomic E-state index is 0.360. The molecule has 4 heteroatoms. The Balaban J connectivity index is 2.23. The van der Waals surface area contributed by atoms with Crippen LogP contribution in [0.5, 0.6) is 0 Å². The third kappa shape index (κ3) is 1.12. The Hall–Kier alpha value is -1.09. The fourth-order valence-electron chi connectivity index (χ4n) is 1.92. The van der Waals surface area contributed by atoms with Gasteiger partial charge in [-0.2, -0.15) is 0 Å². The lowest BCUT2D eigenvalue weighted by atomic mass is 9.82. The second-order valence-electron chi connectivity index (χ2n) is 3.74. The van der Waals surface area contributed by atoms with Crippen LogP contribution in [0.3, 0.4) is 0 Å². The van der Waals surface area contributed by atoms with Gasteiger partial charge in [-0.15, -0.1) is 0 Å². The molecule has 3 nitrogen and oxygen atoms in total. The second-order valence-corrected chi connectivity index (χ2v) is 4.08. The van der Waals surface area contributed by atoms with Crippen molar-refractivity contribution in [1.82, 2.24) is 15.0 Å². The van der Waals surface area contributed by atoms with Gasteiger partial charge < -0.3 is 4.98 Å². The summed E-state index contributed by atoms with van der Waals surface area (Å²) in [4.78, 5) is 11.7. The Morgan fingerprint density at radius 2 is 2.21 bits per heavy atom. The Bertz CT molecular complexity index is 473. The van der Waals surface area contributed by atoms with Crippen molar-refractivity contribution in [3.63, 3.8) is 0 Å². The predicted octanol–water partition coefficient (Wildman–Crippen LogP) is 2.88. The molecular weight excluding hydrogens is 198 g/mol. The molecule has 2 aromatic heterocycles. The second kappa shape index (κ2) is 2.95. The van der Waals surface area contributed by atoms with Gasteiger partial charge in [0.25, 0.3) is 0 Å². The zero-order chi connectivity index (χ0) is 9.54. The van der Waals surface area contributed by atoms with Gasteiger partial charge in [-0.3, -0.25) is 0 Å². The topological polar surface area (TPSA) is 41.6 Å². The van der Waals surface area contributed by atoms with Crippen molar-refractivity contribution in [2.24, 2.45) is 0 Å². The van der Waals surface area contributed by atoms with Crippen molar-refractivity contribution in [2.45, 2.75) is 25.2 Å². The molecular formula is C10H10ClN3. The highest BCUT2D eigenvalue weighted by Gasteiger charge is 2.24. The molecule has 1 N–H and O–H groups in total. The summed E-state index contributed by atoms with van der Waals surface area (Å²) in [7, 11) is 0. The highest BCUT2D eigenvalue weighted by Crippen LogP contribution is 2.38. The summed E-state index contributed by atoms with van der Waals surface area (Å²) >= 11 is 5.87. The lowest BCUT2D eigenvalue weighted by Gasteiger charge is -2.24. The lowest BCUT2D eigenvalue weighted by Crippen LogP contribution is -2.11. The number of halogens is 1. The molecule has 1 saturated carbocycles. The normalized spacial score (nSPS) is 17.2. The molecule has 0 unspecified atom stereocenters. The van der Waals surface area contributed by atoms with Crippen molar-refractivity contribution in [2.75, 3.05) is 0 Å². The molecule has 0 spiro atoms. The number of H-pyrrole nitrogens is 1. The van der Waals surface area contributed by atoms with Crippen molar-refractivity contribution in [3.05, 3.63) is 23.2 Å². The van der Waals surface area contributed by atoms with Gasteiger partial charge >= 0.3 is 0 Å². The van der Waals surface area contributed by atoms with Gasteiger partial charge in [0.2, 0.25) is 5.28 Å². The highest BCUT2D eigenvalue weighted by atomic mass is 35.5. The quantitative estimate of drug-likeness (QED) is 0.731. The van der Waals surface area contributed by atoms with E-state index in [2.05, 4.69) is 15.0 Å². The maximum atomic E-state index is 5.87. The van der Waals surface area contributed by atoms with Gasteiger partial charge in [-0.25, -0.2) is 9.97 Å². The number of hydrogen-bond acceptors (Lipinski definition) is 2. The highest BCUT2D eigenvalue weighted by molar-refractivity contribution is 6.28. The van der Waals surface area contributed by atoms with E-state index in [0.717, 1.165) is 16.7 Å². The molecule has 0 amide bonds. The Morgan fingerprint density at radius 3 is 2.93 bits per heavy atom. The number of fused-ring (bicyclic) bond motifs is 1. The molecule has 1 aliphatic carbocycles. The van der Waals surface area contributed by atoms with E-state index in [1.807, 2.05) is 12.3 Å². The van der Waals surface area contributed by atoms with Gasteiger partial charge in [0.1, 0.15) is 0 Å². The van der Waals surface area contributed by atoms with Gasteiger partial charge in [-0.05, 0) is 30.5 Å². The first-order valence-electron chi connectivity index (χ1n) is 4.85. The largest absolute Gasteiger partial charge is 0.358 e. The summed E-state index contributed by atoms with van der Waals surface area (Å²) in [6.07, 6.45) is 5.63. The standard InChI is InChI=1S/C10H10ClN3/c11-10-13-7-4-5-12-9(7)8(14-10)6-2-1-3-6/h4-6,12H,1-3H2. The number of rotatable bonds is 1. The van der Waals surface area contributed by atoms with E-state index < -0.39 is 0 Å². The van der Waals surface area contributed by atoms with Crippen molar-refractivity contribution in [1.29, 1.82) is 0 Å². The van der Waals surface area contributed by atoms with Crippen molar-refractivity contribution >= 4 is 22.6 Å². The average Bonchev–Trinajstić information content (AvgIpc) is 2.47. The minimum absolute atomic E-state index is 0.360. The summed E-state index contributed by atoms with van der Waals surface area (Å²) in [5.74, 6) is 0.580. The first-order chi connectivity index (χ1) is 6.84. The molecule has 0 aliphatic heterocycles. The van der Waals surface area contributed by atoms with Gasteiger partial charge in [-0.1, -0.05) is 6.42 Å². The monoisotopic (exact) mass is 207 g/mol. The molecule has 14 heavy (non-hydrogen) atoms. The molecule has 0 bridgehead atoms. The summed E-state index contributed by atoms with van der Waals surface area (Å²) < 4.78 is 0. The summed E-state index contributed by atoms with van der Waals surface area (Å²) in [6.45, 7) is 0. The van der Waals surface area contributed by atoms with Crippen LogP contribution in [0.4, 0.5) is 0 Å². The van der Waals surface area contributed by atoms with Crippen molar-refractivity contribution < 1.29 is 0 Å². The zero-order valence-electron chi connectivity index (χ0n) is 7.63.